The minimum Gasteiger partial charge on any atom is -0.267 e. The Balaban J connectivity index is 1.83. The van der Waals surface area contributed by atoms with E-state index in [1.54, 1.807) is 0 Å². The lowest BCUT2D eigenvalue weighted by Gasteiger charge is -2.34. The van der Waals surface area contributed by atoms with Gasteiger partial charge in [-0.2, -0.15) is 5.10 Å². The van der Waals surface area contributed by atoms with Gasteiger partial charge in [0.1, 0.15) is 4.90 Å². The summed E-state index contributed by atoms with van der Waals surface area (Å²) in [5, 5.41) is 4.46. The molecule has 2 fully saturated rings. The molecule has 2 aliphatic rings. The van der Waals surface area contributed by atoms with Crippen molar-refractivity contribution < 1.29 is 13.2 Å². The van der Waals surface area contributed by atoms with Gasteiger partial charge in [0.2, 0.25) is 10.0 Å². The number of rotatable bonds is 4. The van der Waals surface area contributed by atoms with Crippen molar-refractivity contribution in [1.29, 1.82) is 0 Å². The van der Waals surface area contributed by atoms with Crippen LogP contribution in [-0.2, 0) is 10.0 Å². The molecule has 6 nitrogen and oxygen atoms in total. The van der Waals surface area contributed by atoms with Gasteiger partial charge in [-0.25, -0.2) is 18.6 Å². The van der Waals surface area contributed by atoms with Gasteiger partial charge in [-0.15, -0.1) is 0 Å². The third-order valence-electron chi connectivity index (χ3n) is 6.56. The Hall–Kier alpha value is -1.44. The van der Waals surface area contributed by atoms with E-state index in [2.05, 4.69) is 36.0 Å². The molecule has 0 spiro atoms. The first kappa shape index (κ1) is 19.3. The quantitative estimate of drug-likeness (QED) is 0.765. The summed E-state index contributed by atoms with van der Waals surface area (Å²) in [6.45, 7) is 6.75. The number of fused-ring (bicyclic) bond motifs is 2. The smallest absolute Gasteiger partial charge is 0.267 e. The molecule has 0 unspecified atom stereocenters. The molecule has 1 aromatic rings. The zero-order valence-electron chi connectivity index (χ0n) is 15.4. The van der Waals surface area contributed by atoms with E-state index in [0.717, 1.165) is 18.6 Å². The zero-order valence-corrected chi connectivity index (χ0v) is 17.0. The molecule has 2 bridgehead atoms. The number of carbonyl (C=O) groups excluding carboxylic acids is 1. The fourth-order valence-electron chi connectivity index (χ4n) is 4.24. The van der Waals surface area contributed by atoms with Crippen molar-refractivity contribution in [1.82, 2.24) is 10.1 Å². The topological polar surface area (TPSA) is 87.6 Å². The lowest BCUT2D eigenvalue weighted by atomic mass is 9.70. The number of amides is 1. The van der Waals surface area contributed by atoms with Crippen LogP contribution in [0.3, 0.4) is 0 Å². The van der Waals surface area contributed by atoms with Crippen LogP contribution in [0.15, 0.2) is 28.2 Å². The number of benzene rings is 1. The summed E-state index contributed by atoms with van der Waals surface area (Å²) >= 11 is 5.96. The summed E-state index contributed by atoms with van der Waals surface area (Å²) in [6, 6.07) is 4.14. The Morgan fingerprint density at radius 2 is 2.00 bits per heavy atom. The van der Waals surface area contributed by atoms with E-state index < -0.39 is 15.9 Å². The minimum atomic E-state index is -3.75. The molecule has 0 radical (unpaired) electrons. The van der Waals surface area contributed by atoms with Crippen LogP contribution >= 0.6 is 11.6 Å². The molecule has 3 rings (SSSR count). The van der Waals surface area contributed by atoms with Gasteiger partial charge in [0, 0.05) is 16.7 Å². The van der Waals surface area contributed by atoms with Gasteiger partial charge in [-0.3, -0.25) is 4.79 Å². The molecule has 2 atom stereocenters. The van der Waals surface area contributed by atoms with Gasteiger partial charge >= 0.3 is 0 Å². The number of nitrogens with one attached hydrogen (secondary N) is 2. The Morgan fingerprint density at radius 3 is 2.54 bits per heavy atom. The third-order valence-corrected chi connectivity index (χ3v) is 8.45. The summed E-state index contributed by atoms with van der Waals surface area (Å²) in [7, 11) is -2.45. The number of hydrazone groups is 1. The van der Waals surface area contributed by atoms with Crippen LogP contribution in [0.2, 0.25) is 5.02 Å². The standard InChI is InChI=1S/C18H24ClN3O3S/c1-17(2)12-7-8-18(17,3)15(10-12)21-22-16(23)11-5-6-13(19)14(9-11)26(24,25)20-4/h5-6,9,12,20H,7-8,10H2,1-4H3,(H,22,23)/b21-15-/t12-,18-/m1/s1. The van der Waals surface area contributed by atoms with E-state index in [-0.39, 0.29) is 26.3 Å². The predicted octanol–water partition coefficient (Wildman–Crippen LogP) is 3.18. The number of nitrogens with zero attached hydrogens (tertiary/aromatic N) is 1. The van der Waals surface area contributed by atoms with E-state index in [1.165, 1.54) is 31.7 Å². The van der Waals surface area contributed by atoms with Crippen LogP contribution < -0.4 is 10.1 Å². The first-order valence-corrected chi connectivity index (χ1v) is 10.5. The molecule has 1 aromatic carbocycles. The van der Waals surface area contributed by atoms with Crippen LogP contribution in [0, 0.1) is 16.7 Å². The molecule has 2 N–H and O–H groups in total. The third kappa shape index (κ3) is 2.86. The molecular weight excluding hydrogens is 374 g/mol. The van der Waals surface area contributed by atoms with Crippen molar-refractivity contribution in [2.45, 2.75) is 44.9 Å². The predicted molar refractivity (Wildman–Crippen MR) is 102 cm³/mol. The maximum atomic E-state index is 12.5. The highest BCUT2D eigenvalue weighted by atomic mass is 35.5. The molecule has 26 heavy (non-hydrogen) atoms. The maximum absolute atomic E-state index is 12.5. The summed E-state index contributed by atoms with van der Waals surface area (Å²) in [4.78, 5) is 12.3. The average molecular weight is 398 g/mol. The molecule has 0 aliphatic heterocycles. The second-order valence-corrected chi connectivity index (χ2v) is 10.1. The molecular formula is C18H24ClN3O3S. The van der Waals surface area contributed by atoms with Crippen molar-refractivity contribution in [2.24, 2.45) is 21.8 Å². The Labute approximate surface area is 159 Å². The lowest BCUT2D eigenvalue weighted by Crippen LogP contribution is -2.34. The Bertz CT molecular complexity index is 895. The van der Waals surface area contributed by atoms with Crippen molar-refractivity contribution in [2.75, 3.05) is 7.05 Å². The van der Waals surface area contributed by atoms with Crippen molar-refractivity contribution >= 4 is 33.2 Å². The van der Waals surface area contributed by atoms with Crippen LogP contribution in [0.5, 0.6) is 0 Å². The number of sulfonamides is 1. The fraction of sp³-hybridized carbons (Fsp3) is 0.556. The van der Waals surface area contributed by atoms with Crippen molar-refractivity contribution in [3.05, 3.63) is 28.8 Å². The highest BCUT2D eigenvalue weighted by molar-refractivity contribution is 7.89. The van der Waals surface area contributed by atoms with Crippen LogP contribution in [-0.4, -0.2) is 27.1 Å². The zero-order chi connectivity index (χ0) is 19.3. The first-order valence-electron chi connectivity index (χ1n) is 8.63. The monoisotopic (exact) mass is 397 g/mol. The summed E-state index contributed by atoms with van der Waals surface area (Å²) in [5.74, 6) is 0.136. The second-order valence-electron chi connectivity index (χ2n) is 7.85. The highest BCUT2D eigenvalue weighted by Crippen LogP contribution is 2.63. The Kier molecular flexibility index (Phi) is 4.70. The molecule has 2 aliphatic carbocycles. The molecule has 142 valence electrons. The van der Waals surface area contributed by atoms with E-state index in [4.69, 9.17) is 11.6 Å². The molecule has 2 saturated carbocycles. The van der Waals surface area contributed by atoms with Crippen LogP contribution in [0.1, 0.15) is 50.4 Å². The number of halogens is 1. The first-order chi connectivity index (χ1) is 12.0. The van der Waals surface area contributed by atoms with Gasteiger partial charge in [0.25, 0.3) is 5.91 Å². The fourth-order valence-corrected chi connectivity index (χ4v) is 5.49. The summed E-state index contributed by atoms with van der Waals surface area (Å²) < 4.78 is 26.2. The van der Waals surface area contributed by atoms with Gasteiger partial charge < -0.3 is 0 Å². The van der Waals surface area contributed by atoms with Crippen molar-refractivity contribution in [3.63, 3.8) is 0 Å². The molecule has 1 amide bonds. The van der Waals surface area contributed by atoms with Gasteiger partial charge in [-0.05, 0) is 55.8 Å². The number of hydrogen-bond donors (Lipinski definition) is 2. The minimum absolute atomic E-state index is 0.00836. The van der Waals surface area contributed by atoms with E-state index in [0.29, 0.717) is 5.92 Å². The summed E-state index contributed by atoms with van der Waals surface area (Å²) in [5.41, 5.74) is 3.97. The highest BCUT2D eigenvalue weighted by Gasteiger charge is 2.60. The van der Waals surface area contributed by atoms with Gasteiger partial charge in [0.15, 0.2) is 0 Å². The second kappa shape index (κ2) is 6.32. The van der Waals surface area contributed by atoms with Crippen LogP contribution in [0.4, 0.5) is 0 Å². The number of carbonyl (C=O) groups is 1. The normalized spacial score (nSPS) is 28.5. The largest absolute Gasteiger partial charge is 0.271 e. The van der Waals surface area contributed by atoms with Crippen LogP contribution in [0.25, 0.3) is 0 Å². The molecule has 8 heteroatoms. The van der Waals surface area contributed by atoms with E-state index >= 15 is 0 Å². The Morgan fingerprint density at radius 1 is 1.31 bits per heavy atom. The SMILES string of the molecule is CNS(=O)(=O)c1cc(C(=O)N/N=C2/C[C@H]3CC[C@@]2(C)C3(C)C)ccc1Cl. The summed E-state index contributed by atoms with van der Waals surface area (Å²) in [6.07, 6.45) is 3.16. The molecule has 0 saturated heterocycles. The number of hydrogen-bond acceptors (Lipinski definition) is 4. The van der Waals surface area contributed by atoms with E-state index in [1.807, 2.05) is 0 Å². The lowest BCUT2D eigenvalue weighted by molar-refractivity contribution is 0.0953. The van der Waals surface area contributed by atoms with Gasteiger partial charge in [0.05, 0.1) is 5.02 Å². The van der Waals surface area contributed by atoms with E-state index in [9.17, 15) is 13.2 Å². The molecule has 0 heterocycles. The van der Waals surface area contributed by atoms with Crippen molar-refractivity contribution in [3.8, 4) is 0 Å². The van der Waals surface area contributed by atoms with Gasteiger partial charge in [-0.1, -0.05) is 32.4 Å². The maximum Gasteiger partial charge on any atom is 0.271 e. The average Bonchev–Trinajstić information content (AvgIpc) is 2.93. The molecule has 0 aromatic heterocycles.